The molecule has 0 aliphatic rings. The van der Waals surface area contributed by atoms with Gasteiger partial charge in [0, 0.05) is 6.54 Å². The second kappa shape index (κ2) is 13.0. The highest BCUT2D eigenvalue weighted by atomic mass is 16.6. The van der Waals surface area contributed by atoms with Crippen LogP contribution in [0.5, 0.6) is 0 Å². The predicted octanol–water partition coefficient (Wildman–Crippen LogP) is 0.452. The van der Waals surface area contributed by atoms with Crippen LogP contribution in [0.1, 0.15) is 53.9 Å². The Morgan fingerprint density at radius 3 is 2.07 bits per heavy atom. The molecule has 3 amide bonds. The van der Waals surface area contributed by atoms with E-state index in [1.807, 2.05) is 0 Å². The first kappa shape index (κ1) is 26.6. The smallest absolute Gasteiger partial charge is 0.407 e. The van der Waals surface area contributed by atoms with Gasteiger partial charge < -0.3 is 30.7 Å². The van der Waals surface area contributed by atoms with E-state index in [2.05, 4.69) is 26.0 Å². The van der Waals surface area contributed by atoms with Crippen LogP contribution >= 0.6 is 0 Å². The highest BCUT2D eigenvalue weighted by molar-refractivity contribution is 5.91. The van der Waals surface area contributed by atoms with Crippen molar-refractivity contribution in [1.29, 1.82) is 0 Å². The summed E-state index contributed by atoms with van der Waals surface area (Å²) in [6, 6.07) is -2.12. The normalized spacial score (nSPS) is 14.2. The Bertz CT molecular complexity index is 561. The minimum Gasteiger partial charge on any atom is -0.467 e. The maximum atomic E-state index is 12.5. The average Bonchev–Trinajstić information content (AvgIpc) is 2.63. The quantitative estimate of drug-likeness (QED) is 0.284. The van der Waals surface area contributed by atoms with Crippen LogP contribution in [0.25, 0.3) is 0 Å². The third kappa shape index (κ3) is 11.9. The topological polar surface area (TPSA) is 135 Å². The van der Waals surface area contributed by atoms with Crippen LogP contribution in [0.2, 0.25) is 0 Å². The van der Waals surface area contributed by atoms with Gasteiger partial charge in [-0.2, -0.15) is 0 Å². The molecule has 10 heteroatoms. The Balaban J connectivity index is 4.66. The van der Waals surface area contributed by atoms with Gasteiger partial charge in [-0.25, -0.2) is 9.59 Å². The van der Waals surface area contributed by atoms with E-state index in [-0.39, 0.29) is 5.91 Å². The van der Waals surface area contributed by atoms with E-state index in [4.69, 9.17) is 4.74 Å². The van der Waals surface area contributed by atoms with Gasteiger partial charge >= 0.3 is 12.1 Å². The van der Waals surface area contributed by atoms with E-state index < -0.39 is 41.7 Å². The molecule has 0 aliphatic heterocycles. The minimum atomic E-state index is -0.831. The summed E-state index contributed by atoms with van der Waals surface area (Å²) in [7, 11) is 2.87. The zero-order chi connectivity index (χ0) is 22.6. The van der Waals surface area contributed by atoms with Gasteiger partial charge in [-0.3, -0.25) is 9.59 Å². The molecule has 1 unspecified atom stereocenters. The van der Waals surface area contributed by atoms with E-state index in [1.165, 1.54) is 14.0 Å². The summed E-state index contributed by atoms with van der Waals surface area (Å²) in [6.45, 7) is 8.89. The summed E-state index contributed by atoms with van der Waals surface area (Å²) in [4.78, 5) is 47.8. The molecule has 0 aromatic rings. The van der Waals surface area contributed by atoms with Crippen LogP contribution in [-0.4, -0.2) is 68.3 Å². The van der Waals surface area contributed by atoms with Gasteiger partial charge in [0.25, 0.3) is 0 Å². The summed E-state index contributed by atoms with van der Waals surface area (Å²) in [5.74, 6) is -1.38. The number of rotatable bonds is 11. The molecule has 0 aromatic heterocycles. The molecule has 3 atom stereocenters. The van der Waals surface area contributed by atoms with Crippen molar-refractivity contribution in [3.05, 3.63) is 0 Å². The summed E-state index contributed by atoms with van der Waals surface area (Å²) >= 11 is 0. The van der Waals surface area contributed by atoms with Crippen molar-refractivity contribution in [3.63, 3.8) is 0 Å². The lowest BCUT2D eigenvalue weighted by atomic mass is 10.1. The lowest BCUT2D eigenvalue weighted by molar-refractivity contribution is -0.144. The van der Waals surface area contributed by atoms with Gasteiger partial charge in [0.2, 0.25) is 11.8 Å². The van der Waals surface area contributed by atoms with E-state index in [0.717, 1.165) is 0 Å². The van der Waals surface area contributed by atoms with E-state index in [0.29, 0.717) is 25.8 Å². The lowest BCUT2D eigenvalue weighted by Crippen LogP contribution is -2.53. The van der Waals surface area contributed by atoms with Crippen LogP contribution in [0.15, 0.2) is 0 Å². The highest BCUT2D eigenvalue weighted by Crippen LogP contribution is 2.07. The first-order valence-electron chi connectivity index (χ1n) is 9.74. The largest absolute Gasteiger partial charge is 0.467 e. The maximum Gasteiger partial charge on any atom is 0.407 e. The monoisotopic (exact) mass is 416 g/mol. The molecule has 168 valence electrons. The van der Waals surface area contributed by atoms with E-state index in [1.54, 1.807) is 34.7 Å². The Morgan fingerprint density at radius 1 is 0.931 bits per heavy atom. The Hall–Kier alpha value is -2.36. The first-order valence-corrected chi connectivity index (χ1v) is 9.74. The van der Waals surface area contributed by atoms with Crippen molar-refractivity contribution in [2.45, 2.75) is 77.6 Å². The molecule has 29 heavy (non-hydrogen) atoms. The number of carbonyl (C=O) groups excluding carboxylic acids is 4. The molecule has 0 saturated carbocycles. The van der Waals surface area contributed by atoms with Crippen molar-refractivity contribution in [1.82, 2.24) is 21.3 Å². The van der Waals surface area contributed by atoms with Crippen LogP contribution in [0, 0.1) is 0 Å². The molecule has 0 spiro atoms. The van der Waals surface area contributed by atoms with Crippen LogP contribution < -0.4 is 21.3 Å². The number of amides is 3. The Morgan fingerprint density at radius 2 is 1.55 bits per heavy atom. The van der Waals surface area contributed by atoms with Crippen molar-refractivity contribution in [3.8, 4) is 0 Å². The minimum absolute atomic E-state index is 0.328. The molecule has 4 N–H and O–H groups in total. The number of ether oxygens (including phenoxy) is 2. The maximum absolute atomic E-state index is 12.5. The third-order valence-electron chi connectivity index (χ3n) is 3.96. The molecule has 0 saturated heterocycles. The van der Waals surface area contributed by atoms with Gasteiger partial charge in [0.1, 0.15) is 17.7 Å². The summed E-state index contributed by atoms with van der Waals surface area (Å²) < 4.78 is 9.75. The molecule has 10 nitrogen and oxygen atoms in total. The van der Waals surface area contributed by atoms with Gasteiger partial charge in [0.05, 0.1) is 13.2 Å². The molecule has 0 aromatic carbocycles. The number of likely N-dealkylation sites (N-methyl/N-ethyl adjacent to an activating group) is 1. The fourth-order valence-corrected chi connectivity index (χ4v) is 2.22. The molecule has 0 aliphatic carbocycles. The number of esters is 1. The fraction of sp³-hybridized carbons (Fsp3) is 0.789. The van der Waals surface area contributed by atoms with Crippen molar-refractivity contribution >= 4 is 23.9 Å². The van der Waals surface area contributed by atoms with Gasteiger partial charge in [-0.05, 0) is 60.9 Å². The number of hydrogen-bond acceptors (Lipinski definition) is 7. The number of methoxy groups -OCH3 is 1. The predicted molar refractivity (Wildman–Crippen MR) is 108 cm³/mol. The van der Waals surface area contributed by atoms with E-state index >= 15 is 0 Å². The number of unbranched alkanes of at least 4 members (excludes halogenated alkanes) is 1. The molecule has 0 fully saturated rings. The second-order valence-electron chi connectivity index (χ2n) is 7.75. The molecular formula is C19H36N4O6. The van der Waals surface area contributed by atoms with Gasteiger partial charge in [-0.15, -0.1) is 0 Å². The molecule has 0 radical (unpaired) electrons. The van der Waals surface area contributed by atoms with E-state index in [9.17, 15) is 19.2 Å². The summed E-state index contributed by atoms with van der Waals surface area (Å²) in [5, 5.41) is 10.7. The lowest BCUT2D eigenvalue weighted by Gasteiger charge is -2.22. The highest BCUT2D eigenvalue weighted by Gasteiger charge is 2.25. The second-order valence-corrected chi connectivity index (χ2v) is 7.75. The number of alkyl carbamates (subject to hydrolysis) is 1. The molecule has 0 bridgehead atoms. The molecule has 0 heterocycles. The van der Waals surface area contributed by atoms with Crippen LogP contribution in [0.3, 0.4) is 0 Å². The SMILES string of the molecule is CN[C@H](C)C(=O)NC(CCCCNC(=O)OC(C)(C)C)C(=O)N[C@H](C)C(=O)OC. The fourth-order valence-electron chi connectivity index (χ4n) is 2.22. The Labute approximate surface area is 172 Å². The standard InChI is InChI=1S/C19H36N4O6/c1-12(20-6)15(24)23-14(16(25)22-13(2)17(26)28-7)10-8-9-11-21-18(27)29-19(3,4)5/h12-14,20H,8-11H2,1-7H3,(H,21,27)(H,22,25)(H,23,24)/t12-,13-,14?/m1/s1. The number of nitrogens with one attached hydrogen (secondary N) is 4. The van der Waals surface area contributed by atoms with Crippen molar-refractivity contribution in [2.75, 3.05) is 20.7 Å². The summed E-state index contributed by atoms with van der Waals surface area (Å²) in [5.41, 5.74) is -0.572. The zero-order valence-corrected chi connectivity index (χ0v) is 18.5. The van der Waals surface area contributed by atoms with Crippen molar-refractivity contribution in [2.24, 2.45) is 0 Å². The van der Waals surface area contributed by atoms with Crippen molar-refractivity contribution < 1.29 is 28.7 Å². The van der Waals surface area contributed by atoms with Gasteiger partial charge in [-0.1, -0.05) is 0 Å². The summed E-state index contributed by atoms with van der Waals surface area (Å²) in [6.07, 6.45) is 0.995. The third-order valence-corrected chi connectivity index (χ3v) is 3.96. The van der Waals surface area contributed by atoms with Crippen LogP contribution in [0.4, 0.5) is 4.79 Å². The molecular weight excluding hydrogens is 380 g/mol. The van der Waals surface area contributed by atoms with Gasteiger partial charge in [0.15, 0.2) is 0 Å². The van der Waals surface area contributed by atoms with Crippen LogP contribution in [-0.2, 0) is 23.9 Å². The molecule has 0 rings (SSSR count). The average molecular weight is 417 g/mol. The zero-order valence-electron chi connectivity index (χ0n) is 18.5. The number of hydrogen-bond donors (Lipinski definition) is 4. The number of carbonyl (C=O) groups is 4. The Kier molecular flexibility index (Phi) is 11.9. The first-order chi connectivity index (χ1) is 13.4.